The van der Waals surface area contributed by atoms with Gasteiger partial charge in [0.1, 0.15) is 0 Å². The molecule has 1 aromatic carbocycles. The van der Waals surface area contributed by atoms with Gasteiger partial charge >= 0.3 is 0 Å². The summed E-state index contributed by atoms with van der Waals surface area (Å²) < 4.78 is 7.63. The zero-order valence-corrected chi connectivity index (χ0v) is 14.0. The molecule has 1 aliphatic heterocycles. The van der Waals surface area contributed by atoms with Crippen LogP contribution in [0.5, 0.6) is 0 Å². The molecule has 24 heavy (non-hydrogen) atoms. The van der Waals surface area contributed by atoms with Crippen LogP contribution < -0.4 is 0 Å². The first kappa shape index (κ1) is 15.3. The highest BCUT2D eigenvalue weighted by atomic mass is 35.5. The molecule has 1 saturated heterocycles. The Bertz CT molecular complexity index is 836. The fourth-order valence-electron chi connectivity index (χ4n) is 2.88. The van der Waals surface area contributed by atoms with Gasteiger partial charge in [0.05, 0.1) is 12.2 Å². The van der Waals surface area contributed by atoms with Gasteiger partial charge in [-0.25, -0.2) is 4.68 Å². The summed E-state index contributed by atoms with van der Waals surface area (Å²) in [6.07, 6.45) is 4.01. The van der Waals surface area contributed by atoms with Gasteiger partial charge in [-0.2, -0.15) is 0 Å². The zero-order chi connectivity index (χ0) is 16.5. The minimum absolute atomic E-state index is 0.365. The van der Waals surface area contributed by atoms with Crippen molar-refractivity contribution in [1.29, 1.82) is 0 Å². The lowest BCUT2D eigenvalue weighted by Crippen LogP contribution is -2.31. The number of halogens is 1. The lowest BCUT2D eigenvalue weighted by atomic mass is 10.1. The SMILES string of the molecule is CN1CCC(n2cc(-c3nnc(-c4cccc(Cl)c4)o3)nn2)CC1. The molecule has 8 heteroatoms. The van der Waals surface area contributed by atoms with Gasteiger partial charge < -0.3 is 9.32 Å². The third-order valence-electron chi connectivity index (χ3n) is 4.29. The van der Waals surface area contributed by atoms with E-state index in [-0.39, 0.29) is 0 Å². The summed E-state index contributed by atoms with van der Waals surface area (Å²) in [6.45, 7) is 2.14. The van der Waals surface area contributed by atoms with Gasteiger partial charge in [0.15, 0.2) is 5.69 Å². The molecule has 0 amide bonds. The number of benzene rings is 1. The molecule has 0 saturated carbocycles. The second-order valence-corrected chi connectivity index (χ2v) is 6.48. The minimum Gasteiger partial charge on any atom is -0.414 e. The largest absolute Gasteiger partial charge is 0.414 e. The molecule has 0 bridgehead atoms. The van der Waals surface area contributed by atoms with Crippen LogP contribution in [0.25, 0.3) is 23.0 Å². The highest BCUT2D eigenvalue weighted by molar-refractivity contribution is 6.30. The average Bonchev–Trinajstić information content (AvgIpc) is 3.25. The average molecular weight is 345 g/mol. The van der Waals surface area contributed by atoms with Crippen molar-refractivity contribution in [1.82, 2.24) is 30.1 Å². The molecule has 1 aliphatic rings. The van der Waals surface area contributed by atoms with Crippen LogP contribution in [0.1, 0.15) is 18.9 Å². The van der Waals surface area contributed by atoms with E-state index in [1.54, 1.807) is 12.1 Å². The molecule has 0 aliphatic carbocycles. The molecular formula is C16H17ClN6O. The quantitative estimate of drug-likeness (QED) is 0.727. The van der Waals surface area contributed by atoms with Crippen molar-refractivity contribution in [2.24, 2.45) is 0 Å². The van der Waals surface area contributed by atoms with E-state index in [1.165, 1.54) is 0 Å². The number of nitrogens with zero attached hydrogens (tertiary/aromatic N) is 6. The zero-order valence-electron chi connectivity index (χ0n) is 13.3. The van der Waals surface area contributed by atoms with Crippen LogP contribution in [-0.2, 0) is 0 Å². The Balaban J connectivity index is 1.55. The van der Waals surface area contributed by atoms with E-state index in [2.05, 4.69) is 32.5 Å². The minimum atomic E-state index is 0.365. The predicted octanol–water partition coefficient (Wildman–Crippen LogP) is 2.92. The topological polar surface area (TPSA) is 72.9 Å². The number of hydrogen-bond donors (Lipinski definition) is 0. The standard InChI is InChI=1S/C16H17ClN6O/c1-22-7-5-13(6-8-22)23-10-14(18-21-23)16-20-19-15(24-16)11-3-2-4-12(17)9-11/h2-4,9-10,13H,5-8H2,1H3. The van der Waals surface area contributed by atoms with E-state index in [0.717, 1.165) is 31.5 Å². The predicted molar refractivity (Wildman–Crippen MR) is 89.5 cm³/mol. The number of rotatable bonds is 3. The molecule has 2 aromatic heterocycles. The molecule has 3 aromatic rings. The lowest BCUT2D eigenvalue weighted by Gasteiger charge is -2.28. The van der Waals surface area contributed by atoms with E-state index in [0.29, 0.717) is 28.5 Å². The molecule has 0 atom stereocenters. The van der Waals surface area contributed by atoms with Gasteiger partial charge in [-0.3, -0.25) is 0 Å². The smallest absolute Gasteiger partial charge is 0.270 e. The Kier molecular flexibility index (Phi) is 4.03. The second-order valence-electron chi connectivity index (χ2n) is 6.04. The molecule has 0 N–H and O–H groups in total. The Morgan fingerprint density at radius 1 is 1.12 bits per heavy atom. The Morgan fingerprint density at radius 3 is 2.71 bits per heavy atom. The highest BCUT2D eigenvalue weighted by Crippen LogP contribution is 2.26. The molecule has 3 heterocycles. The summed E-state index contributed by atoms with van der Waals surface area (Å²) >= 11 is 6.00. The maximum atomic E-state index is 6.00. The van der Waals surface area contributed by atoms with Crippen LogP contribution in [0.4, 0.5) is 0 Å². The molecule has 1 fully saturated rings. The van der Waals surface area contributed by atoms with Gasteiger partial charge in [0.2, 0.25) is 5.89 Å². The van der Waals surface area contributed by atoms with Crippen molar-refractivity contribution >= 4 is 11.6 Å². The lowest BCUT2D eigenvalue weighted by molar-refractivity contribution is 0.210. The normalized spacial score (nSPS) is 16.6. The summed E-state index contributed by atoms with van der Waals surface area (Å²) in [5, 5.41) is 17.2. The molecule has 124 valence electrons. The molecule has 0 unspecified atom stereocenters. The van der Waals surface area contributed by atoms with Crippen molar-refractivity contribution in [2.45, 2.75) is 18.9 Å². The fraction of sp³-hybridized carbons (Fsp3) is 0.375. The summed E-state index contributed by atoms with van der Waals surface area (Å²) in [5.41, 5.74) is 1.37. The van der Waals surface area contributed by atoms with E-state index in [4.69, 9.17) is 16.0 Å². The number of likely N-dealkylation sites (tertiary alicyclic amines) is 1. The summed E-state index contributed by atoms with van der Waals surface area (Å²) in [4.78, 5) is 2.32. The van der Waals surface area contributed by atoms with Crippen molar-refractivity contribution in [3.05, 3.63) is 35.5 Å². The molecule has 0 radical (unpaired) electrons. The first-order chi connectivity index (χ1) is 11.7. The van der Waals surface area contributed by atoms with Gasteiger partial charge in [0.25, 0.3) is 5.89 Å². The van der Waals surface area contributed by atoms with Crippen LogP contribution in [0.3, 0.4) is 0 Å². The number of piperidine rings is 1. The maximum Gasteiger partial charge on any atom is 0.270 e. The van der Waals surface area contributed by atoms with Gasteiger partial charge in [-0.05, 0) is 51.2 Å². The molecule has 7 nitrogen and oxygen atoms in total. The third-order valence-corrected chi connectivity index (χ3v) is 4.52. The Morgan fingerprint density at radius 2 is 1.92 bits per heavy atom. The maximum absolute atomic E-state index is 6.00. The number of aromatic nitrogens is 5. The fourth-order valence-corrected chi connectivity index (χ4v) is 3.07. The van der Waals surface area contributed by atoms with Gasteiger partial charge in [-0.15, -0.1) is 15.3 Å². The van der Waals surface area contributed by atoms with Crippen molar-refractivity contribution in [2.75, 3.05) is 20.1 Å². The van der Waals surface area contributed by atoms with E-state index in [9.17, 15) is 0 Å². The Hall–Kier alpha value is -2.25. The second kappa shape index (κ2) is 6.33. The van der Waals surface area contributed by atoms with Crippen LogP contribution in [0.15, 0.2) is 34.9 Å². The van der Waals surface area contributed by atoms with Crippen LogP contribution >= 0.6 is 11.6 Å². The van der Waals surface area contributed by atoms with Crippen molar-refractivity contribution in [3.8, 4) is 23.0 Å². The highest BCUT2D eigenvalue weighted by Gasteiger charge is 2.21. The Labute approximate surface area is 144 Å². The van der Waals surface area contributed by atoms with E-state index < -0.39 is 0 Å². The van der Waals surface area contributed by atoms with Crippen LogP contribution in [0, 0.1) is 0 Å². The van der Waals surface area contributed by atoms with Crippen LogP contribution in [-0.4, -0.2) is 50.2 Å². The molecular weight excluding hydrogens is 328 g/mol. The van der Waals surface area contributed by atoms with Gasteiger partial charge in [0, 0.05) is 10.6 Å². The van der Waals surface area contributed by atoms with Crippen LogP contribution in [0.2, 0.25) is 5.02 Å². The van der Waals surface area contributed by atoms with Gasteiger partial charge in [-0.1, -0.05) is 22.9 Å². The third kappa shape index (κ3) is 3.05. The molecule has 4 rings (SSSR count). The van der Waals surface area contributed by atoms with E-state index in [1.807, 2.05) is 23.0 Å². The van der Waals surface area contributed by atoms with Crippen molar-refractivity contribution in [3.63, 3.8) is 0 Å². The number of hydrogen-bond acceptors (Lipinski definition) is 6. The molecule has 0 spiro atoms. The monoisotopic (exact) mass is 344 g/mol. The summed E-state index contributed by atoms with van der Waals surface area (Å²) in [6, 6.07) is 7.68. The first-order valence-corrected chi connectivity index (χ1v) is 8.27. The van der Waals surface area contributed by atoms with Crippen molar-refractivity contribution < 1.29 is 4.42 Å². The summed E-state index contributed by atoms with van der Waals surface area (Å²) in [5.74, 6) is 0.783. The summed E-state index contributed by atoms with van der Waals surface area (Å²) in [7, 11) is 2.14. The van der Waals surface area contributed by atoms with E-state index >= 15 is 0 Å². The first-order valence-electron chi connectivity index (χ1n) is 7.89.